The van der Waals surface area contributed by atoms with Crippen LogP contribution in [0.4, 0.5) is 5.69 Å². The van der Waals surface area contributed by atoms with Crippen LogP contribution in [0.5, 0.6) is 0 Å². The van der Waals surface area contributed by atoms with E-state index in [9.17, 15) is 9.59 Å². The van der Waals surface area contributed by atoms with E-state index in [1.807, 2.05) is 38.1 Å². The first-order valence-electron chi connectivity index (χ1n) is 7.38. The minimum Gasteiger partial charge on any atom is -0.399 e. The van der Waals surface area contributed by atoms with Crippen molar-refractivity contribution in [3.63, 3.8) is 0 Å². The zero-order valence-electron chi connectivity index (χ0n) is 13.2. The molecule has 0 spiro atoms. The lowest BCUT2D eigenvalue weighted by atomic mass is 10.1. The molecule has 2 amide bonds. The topological polar surface area (TPSA) is 84.2 Å². The number of hydrogen-bond donors (Lipinski definition) is 3. The van der Waals surface area contributed by atoms with E-state index in [2.05, 4.69) is 10.6 Å². The van der Waals surface area contributed by atoms with Crippen molar-refractivity contribution in [1.82, 2.24) is 10.6 Å². The van der Waals surface area contributed by atoms with Crippen LogP contribution in [0.3, 0.4) is 0 Å². The Balaban J connectivity index is 0.00000441. The predicted molar refractivity (Wildman–Crippen MR) is 91.9 cm³/mol. The molecule has 0 radical (unpaired) electrons. The number of nitrogen functional groups attached to an aromatic ring is 1. The zero-order chi connectivity index (χ0) is 15.7. The Morgan fingerprint density at radius 1 is 1.09 bits per heavy atom. The smallest absolute Gasteiger partial charge is 0.220 e. The molecule has 0 aromatic heterocycles. The van der Waals surface area contributed by atoms with Gasteiger partial charge in [0.1, 0.15) is 0 Å². The summed E-state index contributed by atoms with van der Waals surface area (Å²) in [6, 6.07) is 7.76. The number of halogens is 1. The van der Waals surface area contributed by atoms with Crippen LogP contribution in [0.15, 0.2) is 24.3 Å². The Bertz CT molecular complexity index is 461. The summed E-state index contributed by atoms with van der Waals surface area (Å²) in [7, 11) is 0. The molecule has 0 fully saturated rings. The third-order valence-corrected chi connectivity index (χ3v) is 2.97. The van der Waals surface area contributed by atoms with Crippen LogP contribution in [0.2, 0.25) is 0 Å². The lowest BCUT2D eigenvalue weighted by Crippen LogP contribution is -2.30. The molecule has 0 aliphatic rings. The highest BCUT2D eigenvalue weighted by atomic mass is 35.5. The molecule has 0 unspecified atom stereocenters. The maximum Gasteiger partial charge on any atom is 0.220 e. The van der Waals surface area contributed by atoms with Gasteiger partial charge in [0.2, 0.25) is 11.8 Å². The first kappa shape index (κ1) is 20.2. The summed E-state index contributed by atoms with van der Waals surface area (Å²) in [4.78, 5) is 23.0. The number of rotatable bonds is 8. The number of anilines is 1. The highest BCUT2D eigenvalue weighted by Gasteiger charge is 2.06. The van der Waals surface area contributed by atoms with Crippen LogP contribution in [-0.2, 0) is 16.0 Å². The molecule has 1 aromatic rings. The first-order valence-corrected chi connectivity index (χ1v) is 7.38. The van der Waals surface area contributed by atoms with Gasteiger partial charge in [-0.1, -0.05) is 12.1 Å². The van der Waals surface area contributed by atoms with Gasteiger partial charge in [-0.25, -0.2) is 0 Å². The van der Waals surface area contributed by atoms with Gasteiger partial charge in [0.25, 0.3) is 0 Å². The molecule has 0 heterocycles. The molecular formula is C16H26ClN3O2. The summed E-state index contributed by atoms with van der Waals surface area (Å²) in [6.07, 6.45) is 2.13. The van der Waals surface area contributed by atoms with Gasteiger partial charge in [-0.15, -0.1) is 12.4 Å². The lowest BCUT2D eigenvalue weighted by molar-refractivity contribution is -0.122. The van der Waals surface area contributed by atoms with Crippen molar-refractivity contribution < 1.29 is 9.59 Å². The van der Waals surface area contributed by atoms with E-state index in [0.29, 0.717) is 25.8 Å². The van der Waals surface area contributed by atoms with Crippen LogP contribution in [0.1, 0.15) is 38.7 Å². The van der Waals surface area contributed by atoms with E-state index in [1.54, 1.807) is 0 Å². The maximum absolute atomic E-state index is 11.6. The third-order valence-electron chi connectivity index (χ3n) is 2.97. The van der Waals surface area contributed by atoms with Gasteiger partial charge < -0.3 is 16.4 Å². The van der Waals surface area contributed by atoms with Crippen LogP contribution < -0.4 is 16.4 Å². The lowest BCUT2D eigenvalue weighted by Gasteiger charge is -2.08. The van der Waals surface area contributed by atoms with E-state index in [4.69, 9.17) is 5.73 Å². The number of amides is 2. The molecule has 1 rings (SSSR count). The van der Waals surface area contributed by atoms with E-state index < -0.39 is 0 Å². The molecule has 0 atom stereocenters. The van der Waals surface area contributed by atoms with Crippen molar-refractivity contribution >= 4 is 29.9 Å². The van der Waals surface area contributed by atoms with Gasteiger partial charge in [0.05, 0.1) is 0 Å². The minimum atomic E-state index is -0.0113. The minimum absolute atomic E-state index is 0. The first-order chi connectivity index (χ1) is 9.97. The van der Waals surface area contributed by atoms with Gasteiger partial charge in [-0.2, -0.15) is 0 Å². The normalized spacial score (nSPS) is 9.95. The van der Waals surface area contributed by atoms with E-state index in [1.165, 1.54) is 0 Å². The molecule has 5 nitrogen and oxygen atoms in total. The van der Waals surface area contributed by atoms with Crippen molar-refractivity contribution in [2.45, 2.75) is 45.6 Å². The van der Waals surface area contributed by atoms with Crippen LogP contribution in [-0.4, -0.2) is 24.4 Å². The largest absolute Gasteiger partial charge is 0.399 e. The summed E-state index contributed by atoms with van der Waals surface area (Å²) in [6.45, 7) is 4.44. The summed E-state index contributed by atoms with van der Waals surface area (Å²) >= 11 is 0. The fraction of sp³-hybridized carbons (Fsp3) is 0.500. The fourth-order valence-corrected chi connectivity index (χ4v) is 1.92. The molecule has 0 aliphatic carbocycles. The van der Waals surface area contributed by atoms with Crippen molar-refractivity contribution in [2.24, 2.45) is 0 Å². The molecule has 4 N–H and O–H groups in total. The molecule has 0 saturated heterocycles. The average molecular weight is 328 g/mol. The van der Waals surface area contributed by atoms with Crippen molar-refractivity contribution in [3.8, 4) is 0 Å². The molecule has 0 saturated carbocycles. The SMILES string of the molecule is CC(C)NC(=O)CCCC(=O)NCCc1ccc(N)cc1.Cl. The number of hydrogen-bond acceptors (Lipinski definition) is 3. The molecule has 6 heteroatoms. The van der Waals surface area contributed by atoms with Gasteiger partial charge in [0, 0.05) is 31.1 Å². The Kier molecular flexibility index (Phi) is 10.0. The highest BCUT2D eigenvalue weighted by molar-refractivity contribution is 5.85. The summed E-state index contributed by atoms with van der Waals surface area (Å²) in [5.41, 5.74) is 7.49. The van der Waals surface area contributed by atoms with Crippen LogP contribution in [0.25, 0.3) is 0 Å². The Morgan fingerprint density at radius 2 is 1.68 bits per heavy atom. The number of benzene rings is 1. The van der Waals surface area contributed by atoms with Gasteiger partial charge in [0.15, 0.2) is 0 Å². The Hall–Kier alpha value is -1.75. The second kappa shape index (κ2) is 10.9. The quantitative estimate of drug-likeness (QED) is 0.639. The Labute approximate surface area is 138 Å². The summed E-state index contributed by atoms with van der Waals surface area (Å²) in [5, 5.41) is 5.66. The second-order valence-corrected chi connectivity index (χ2v) is 5.42. The maximum atomic E-state index is 11.6. The molecule has 124 valence electrons. The number of carbonyl (C=O) groups excluding carboxylic acids is 2. The number of nitrogens with one attached hydrogen (secondary N) is 2. The van der Waals surface area contributed by atoms with E-state index in [0.717, 1.165) is 17.7 Å². The van der Waals surface area contributed by atoms with Gasteiger partial charge >= 0.3 is 0 Å². The number of carbonyl (C=O) groups is 2. The standard InChI is InChI=1S/C16H25N3O2.ClH/c1-12(2)19-16(21)5-3-4-15(20)18-11-10-13-6-8-14(17)9-7-13;/h6-9,12H,3-5,10-11,17H2,1-2H3,(H,18,20)(H,19,21);1H. The zero-order valence-corrected chi connectivity index (χ0v) is 14.0. The monoisotopic (exact) mass is 327 g/mol. The van der Waals surface area contributed by atoms with Crippen LogP contribution in [0, 0.1) is 0 Å². The molecule has 22 heavy (non-hydrogen) atoms. The van der Waals surface area contributed by atoms with E-state index in [-0.39, 0.29) is 30.3 Å². The number of nitrogens with two attached hydrogens (primary N) is 1. The van der Waals surface area contributed by atoms with Gasteiger partial charge in [-0.3, -0.25) is 9.59 Å². The van der Waals surface area contributed by atoms with E-state index >= 15 is 0 Å². The highest BCUT2D eigenvalue weighted by Crippen LogP contribution is 2.05. The van der Waals surface area contributed by atoms with Crippen molar-refractivity contribution in [2.75, 3.05) is 12.3 Å². The second-order valence-electron chi connectivity index (χ2n) is 5.42. The van der Waals surface area contributed by atoms with Gasteiger partial charge in [-0.05, 0) is 44.4 Å². The van der Waals surface area contributed by atoms with Crippen LogP contribution >= 0.6 is 12.4 Å². The predicted octanol–water partition coefficient (Wildman–Crippen LogP) is 2.04. The van der Waals surface area contributed by atoms with Crippen molar-refractivity contribution in [1.29, 1.82) is 0 Å². The third kappa shape index (κ3) is 9.23. The van der Waals surface area contributed by atoms with Crippen molar-refractivity contribution in [3.05, 3.63) is 29.8 Å². The summed E-state index contributed by atoms with van der Waals surface area (Å²) in [5.74, 6) is -0.0116. The average Bonchev–Trinajstić information content (AvgIpc) is 2.40. The molecular weight excluding hydrogens is 302 g/mol. The Morgan fingerprint density at radius 3 is 2.27 bits per heavy atom. The molecule has 0 aliphatic heterocycles. The summed E-state index contributed by atoms with van der Waals surface area (Å²) < 4.78 is 0. The molecule has 1 aromatic carbocycles. The fourth-order valence-electron chi connectivity index (χ4n) is 1.92. The molecule has 0 bridgehead atoms.